The topological polar surface area (TPSA) is 124 Å². The number of carbonyl (C=O) groups excluding carboxylic acids is 4. The van der Waals surface area contributed by atoms with E-state index < -0.39 is 35.1 Å². The van der Waals surface area contributed by atoms with E-state index in [2.05, 4.69) is 13.2 Å². The van der Waals surface area contributed by atoms with Crippen molar-refractivity contribution in [3.63, 3.8) is 0 Å². The molecule has 0 fully saturated rings. The van der Waals surface area contributed by atoms with E-state index in [-0.39, 0.29) is 23.1 Å². The molecule has 0 saturated carbocycles. The monoisotopic (exact) mass is 834 g/mol. The first-order valence-corrected chi connectivity index (χ1v) is 21.0. The van der Waals surface area contributed by atoms with Crippen LogP contribution in [0.15, 0.2) is 85.0 Å². The largest absolute Gasteiger partial charge is 0.494 e. The number of hydrogen-bond acceptors (Lipinski definition) is 10. The van der Waals surface area contributed by atoms with E-state index in [0.29, 0.717) is 49.1 Å². The number of esters is 4. The highest BCUT2D eigenvalue weighted by Crippen LogP contribution is 2.29. The van der Waals surface area contributed by atoms with E-state index in [0.717, 1.165) is 115 Å². The summed E-state index contributed by atoms with van der Waals surface area (Å²) < 4.78 is 61.7. The van der Waals surface area contributed by atoms with Gasteiger partial charge in [-0.3, -0.25) is 0 Å². The maximum absolute atomic E-state index is 14.9. The molecule has 0 radical (unpaired) electrons. The predicted molar refractivity (Wildman–Crippen MR) is 226 cm³/mol. The molecule has 10 nitrogen and oxygen atoms in total. The minimum absolute atomic E-state index is 0.0680. The van der Waals surface area contributed by atoms with E-state index >= 15 is 0 Å². The van der Waals surface area contributed by atoms with Gasteiger partial charge < -0.3 is 28.4 Å². The van der Waals surface area contributed by atoms with Gasteiger partial charge in [0.2, 0.25) is 5.75 Å². The third kappa shape index (κ3) is 19.5. The molecule has 0 aliphatic carbocycles. The second-order valence-electron chi connectivity index (χ2n) is 14.7. The molecule has 12 heteroatoms. The molecule has 0 atom stereocenters. The summed E-state index contributed by atoms with van der Waals surface area (Å²) in [5.74, 6) is -5.08. The Hall–Kier alpha value is -5.52. The molecule has 3 aromatic rings. The van der Waals surface area contributed by atoms with Crippen molar-refractivity contribution < 1.29 is 56.4 Å². The minimum Gasteiger partial charge on any atom is -0.494 e. The Kier molecular flexibility index (Phi) is 22.8. The van der Waals surface area contributed by atoms with Crippen LogP contribution in [0.4, 0.5) is 8.78 Å². The highest BCUT2D eigenvalue weighted by atomic mass is 19.1. The van der Waals surface area contributed by atoms with Crippen LogP contribution >= 0.6 is 0 Å². The Labute approximate surface area is 353 Å². The number of ether oxygens (including phenoxy) is 6. The first-order valence-electron chi connectivity index (χ1n) is 21.0. The van der Waals surface area contributed by atoms with E-state index in [1.807, 2.05) is 0 Å². The molecule has 60 heavy (non-hydrogen) atoms. The van der Waals surface area contributed by atoms with Crippen LogP contribution in [0.5, 0.6) is 23.0 Å². The minimum atomic E-state index is -1.21. The van der Waals surface area contributed by atoms with Crippen LogP contribution in [0, 0.1) is 11.6 Å². The summed E-state index contributed by atoms with van der Waals surface area (Å²) in [4.78, 5) is 48.1. The second kappa shape index (κ2) is 28.0. The van der Waals surface area contributed by atoms with Crippen LogP contribution in [0.25, 0.3) is 0 Å². The number of unbranched alkanes of at least 4 members (excludes halogenated alkanes) is 14. The van der Waals surface area contributed by atoms with Crippen LogP contribution in [-0.4, -0.2) is 50.3 Å². The maximum Gasteiger partial charge on any atom is 0.343 e. The Morgan fingerprint density at radius 3 is 1.12 bits per heavy atom. The van der Waals surface area contributed by atoms with E-state index in [1.165, 1.54) is 24.3 Å². The lowest BCUT2D eigenvalue weighted by molar-refractivity contribution is -0.139. The summed E-state index contributed by atoms with van der Waals surface area (Å²) >= 11 is 0. The Balaban J connectivity index is 1.28. The van der Waals surface area contributed by atoms with Gasteiger partial charge in [-0.15, -0.1) is 0 Å². The fourth-order valence-corrected chi connectivity index (χ4v) is 5.87. The lowest BCUT2D eigenvalue weighted by atomic mass is 10.1. The fraction of sp³-hybridized carbons (Fsp3) is 0.458. The molecule has 0 bridgehead atoms. The molecule has 0 heterocycles. The summed E-state index contributed by atoms with van der Waals surface area (Å²) in [5.41, 5.74) is 1.05. The zero-order valence-corrected chi connectivity index (χ0v) is 35.2. The van der Waals surface area contributed by atoms with Gasteiger partial charge in [-0.1, -0.05) is 90.2 Å². The summed E-state index contributed by atoms with van der Waals surface area (Å²) in [6.07, 6.45) is 16.4. The molecule has 0 aliphatic heterocycles. The molecular weight excluding hydrogens is 775 g/mol. The Bertz CT molecular complexity index is 1800. The third-order valence-electron chi connectivity index (χ3n) is 9.34. The van der Waals surface area contributed by atoms with Crippen LogP contribution < -0.4 is 18.9 Å². The summed E-state index contributed by atoms with van der Waals surface area (Å²) in [6.45, 7) is 12.3. The molecule has 0 unspecified atom stereocenters. The Morgan fingerprint density at radius 1 is 0.450 bits per heavy atom. The molecule has 0 aromatic heterocycles. The van der Waals surface area contributed by atoms with Crippen molar-refractivity contribution in [1.29, 1.82) is 0 Å². The van der Waals surface area contributed by atoms with Gasteiger partial charge in [-0.2, -0.15) is 0 Å². The number of carbonyl (C=O) groups is 4. The van der Waals surface area contributed by atoms with Gasteiger partial charge in [-0.25, -0.2) is 28.0 Å². The van der Waals surface area contributed by atoms with Crippen LogP contribution in [-0.2, 0) is 19.1 Å². The van der Waals surface area contributed by atoms with Gasteiger partial charge in [0, 0.05) is 23.3 Å². The van der Waals surface area contributed by atoms with Crippen LogP contribution in [0.3, 0.4) is 0 Å². The van der Waals surface area contributed by atoms with Crippen molar-refractivity contribution in [2.45, 2.75) is 117 Å². The van der Waals surface area contributed by atoms with Crippen molar-refractivity contribution in [2.75, 3.05) is 26.4 Å². The molecule has 0 amide bonds. The summed E-state index contributed by atoms with van der Waals surface area (Å²) in [5, 5.41) is 0. The van der Waals surface area contributed by atoms with Crippen molar-refractivity contribution >= 4 is 23.9 Å². The van der Waals surface area contributed by atoms with Crippen molar-refractivity contribution in [3.05, 3.63) is 108 Å². The van der Waals surface area contributed by atoms with Crippen LogP contribution in [0.2, 0.25) is 0 Å². The second-order valence-corrected chi connectivity index (χ2v) is 14.7. The number of hydrogen-bond donors (Lipinski definition) is 0. The summed E-state index contributed by atoms with van der Waals surface area (Å²) in [7, 11) is 0. The van der Waals surface area contributed by atoms with E-state index in [4.69, 9.17) is 28.4 Å². The first kappa shape index (κ1) is 48.8. The highest BCUT2D eigenvalue weighted by Gasteiger charge is 2.20. The van der Waals surface area contributed by atoms with Crippen molar-refractivity contribution in [2.24, 2.45) is 0 Å². The number of halogens is 2. The summed E-state index contributed by atoms with van der Waals surface area (Å²) in [6, 6.07) is 13.8. The van der Waals surface area contributed by atoms with Crippen LogP contribution in [0.1, 0.15) is 137 Å². The zero-order valence-electron chi connectivity index (χ0n) is 35.2. The van der Waals surface area contributed by atoms with Crippen molar-refractivity contribution in [1.82, 2.24) is 0 Å². The molecule has 326 valence electrons. The average molecular weight is 835 g/mol. The molecule has 3 aromatic carbocycles. The average Bonchev–Trinajstić information content (AvgIpc) is 3.23. The van der Waals surface area contributed by atoms with Crippen molar-refractivity contribution in [3.8, 4) is 23.0 Å². The lowest BCUT2D eigenvalue weighted by Gasteiger charge is -2.11. The van der Waals surface area contributed by atoms with Gasteiger partial charge in [0.1, 0.15) is 17.2 Å². The molecule has 0 spiro atoms. The quantitative estimate of drug-likeness (QED) is 0.0277. The normalized spacial score (nSPS) is 10.7. The smallest absolute Gasteiger partial charge is 0.343 e. The standard InChI is InChI=1S/C48H60F2O10/c1-35(2)45(51)57-31-19-15-11-7-5-9-13-17-29-55-39-25-21-37(22-26-39)47(53)59-41-33-42(49)44(43(50)34-41)60-48(54)38-23-27-40(28-24-38)56-30-18-14-10-6-8-12-16-20-32-58-46(52)36(3)4/h21-28,33-34H,1,3,5-20,29-32H2,2,4H3. The molecule has 3 rings (SSSR count). The zero-order chi connectivity index (χ0) is 43.5. The molecule has 0 saturated heterocycles. The molecular formula is C48H60F2O10. The first-order chi connectivity index (χ1) is 28.9. The fourth-order valence-electron chi connectivity index (χ4n) is 5.87. The Morgan fingerprint density at radius 2 is 0.767 bits per heavy atom. The third-order valence-corrected chi connectivity index (χ3v) is 9.34. The van der Waals surface area contributed by atoms with Gasteiger partial charge in [0.05, 0.1) is 37.6 Å². The van der Waals surface area contributed by atoms with Gasteiger partial charge in [0.15, 0.2) is 11.6 Å². The van der Waals surface area contributed by atoms with Gasteiger partial charge in [-0.05, 0) is 88.1 Å². The van der Waals surface area contributed by atoms with Gasteiger partial charge in [0.25, 0.3) is 0 Å². The highest BCUT2D eigenvalue weighted by molar-refractivity contribution is 5.92. The molecule has 0 aliphatic rings. The van der Waals surface area contributed by atoms with E-state index in [1.54, 1.807) is 38.1 Å². The molecule has 0 N–H and O–H groups in total. The van der Waals surface area contributed by atoms with Gasteiger partial charge >= 0.3 is 23.9 Å². The van der Waals surface area contributed by atoms with E-state index in [9.17, 15) is 28.0 Å². The predicted octanol–water partition coefficient (Wildman–Crippen LogP) is 11.6. The lowest BCUT2D eigenvalue weighted by Crippen LogP contribution is -2.12. The number of benzene rings is 3. The number of rotatable bonds is 30. The SMILES string of the molecule is C=C(C)C(=O)OCCCCCCCCCCOc1ccc(C(=O)Oc2cc(F)c(OC(=O)c3ccc(OCCCCCCCCCCOC(=O)C(=C)C)cc3)c(F)c2)cc1. The maximum atomic E-state index is 14.9.